The van der Waals surface area contributed by atoms with Crippen LogP contribution in [0.1, 0.15) is 520 Å². The van der Waals surface area contributed by atoms with Crippen molar-refractivity contribution in [2.24, 2.45) is 67.5 Å². The first-order valence-corrected chi connectivity index (χ1v) is 49.4. The first kappa shape index (κ1) is 127. The highest BCUT2D eigenvalue weighted by atomic mass is 16.6. The van der Waals surface area contributed by atoms with Gasteiger partial charge in [0, 0.05) is 0 Å². The zero-order chi connectivity index (χ0) is 93.1. The molecule has 0 saturated carbocycles. The van der Waals surface area contributed by atoms with E-state index in [4.69, 9.17) is 33.2 Å². The van der Waals surface area contributed by atoms with E-state index in [0.717, 1.165) is 167 Å². The summed E-state index contributed by atoms with van der Waals surface area (Å²) >= 11 is 0. The molecule has 0 fully saturated rings. The highest BCUT2D eigenvalue weighted by molar-refractivity contribution is 5.78. The van der Waals surface area contributed by atoms with Crippen molar-refractivity contribution in [3.8, 4) is 0 Å². The monoisotopic (exact) mass is 1680 g/mol. The van der Waals surface area contributed by atoms with Crippen LogP contribution in [0.5, 0.6) is 0 Å². The minimum Gasteiger partial charge on any atom is -0.465 e. The van der Waals surface area contributed by atoms with Crippen LogP contribution >= 0.6 is 0 Å². The second kappa shape index (κ2) is 73.6. The van der Waals surface area contributed by atoms with E-state index >= 15 is 0 Å². The predicted octanol–water partition coefficient (Wildman–Crippen LogP) is 31.9. The van der Waals surface area contributed by atoms with Gasteiger partial charge in [-0.25, -0.2) is 0 Å². The molecule has 0 aromatic carbocycles. The summed E-state index contributed by atoms with van der Waals surface area (Å²) in [6.45, 7) is 81.1. The summed E-state index contributed by atoms with van der Waals surface area (Å²) in [7, 11) is 0. The van der Waals surface area contributed by atoms with Gasteiger partial charge in [0.2, 0.25) is 0 Å². The van der Waals surface area contributed by atoms with Gasteiger partial charge in [-0.3, -0.25) is 33.6 Å². The fourth-order valence-electron chi connectivity index (χ4n) is 11.9. The number of hydrogen-bond donors (Lipinski definition) is 0. The molecule has 0 aliphatic rings. The van der Waals surface area contributed by atoms with Crippen molar-refractivity contribution in [1.29, 1.82) is 0 Å². The second-order valence-electron chi connectivity index (χ2n) is 39.3. The van der Waals surface area contributed by atoms with Crippen molar-refractivity contribution < 1.29 is 66.7 Å². The highest BCUT2D eigenvalue weighted by Crippen LogP contribution is 2.34. The van der Waals surface area contributed by atoms with E-state index in [0.29, 0.717) is 36.2 Å². The Labute approximate surface area is 735 Å². The Kier molecular flexibility index (Phi) is 79.5. The molecule has 0 heterocycles. The zero-order valence-corrected chi connectivity index (χ0v) is 86.4. The molecule has 0 spiro atoms. The van der Waals surface area contributed by atoms with E-state index in [1.165, 1.54) is 83.5 Å². The molecule has 708 valence electrons. The van der Waals surface area contributed by atoms with E-state index in [9.17, 15) is 33.6 Å². The average molecular weight is 1680 g/mol. The van der Waals surface area contributed by atoms with Gasteiger partial charge in [0.05, 0.1) is 44.5 Å². The van der Waals surface area contributed by atoms with Gasteiger partial charge in [0.15, 0.2) is 0 Å². The Morgan fingerprint density at radius 2 is 0.449 bits per heavy atom. The summed E-state index contributed by atoms with van der Waals surface area (Å²) < 4.78 is 39.5. The summed E-state index contributed by atoms with van der Waals surface area (Å²) in [4.78, 5) is 83.9. The fraction of sp³-hybridized carbons (Fsp3) is 0.933. The van der Waals surface area contributed by atoms with E-state index < -0.39 is 0 Å². The molecule has 118 heavy (non-hydrogen) atoms. The Morgan fingerprint density at radius 3 is 0.703 bits per heavy atom. The van der Waals surface area contributed by atoms with Gasteiger partial charge in [-0.05, 0) is 274 Å². The van der Waals surface area contributed by atoms with E-state index in [1.54, 1.807) is 0 Å². The number of unbranched alkanes of at least 4 members (excludes halogenated alkanes) is 10. The molecule has 0 aromatic rings. The van der Waals surface area contributed by atoms with E-state index in [2.05, 4.69) is 125 Å². The Balaban J connectivity index is -0.000000244. The molecule has 0 N–H and O–H groups in total. The number of carbonyl (C=O) groups excluding carboxylic acids is 7. The highest BCUT2D eigenvalue weighted by Gasteiger charge is 2.37. The third-order valence-electron chi connectivity index (χ3n) is 25.0. The maximum Gasteiger partial charge on any atom is 0.311 e. The summed E-state index contributed by atoms with van der Waals surface area (Å²) in [6.07, 6.45) is 42.5. The summed E-state index contributed by atoms with van der Waals surface area (Å²) in [5, 5.41) is 0. The normalized spacial score (nSPS) is 12.5. The van der Waals surface area contributed by atoms with Crippen molar-refractivity contribution >= 4 is 41.8 Å². The van der Waals surface area contributed by atoms with Gasteiger partial charge in [0.25, 0.3) is 0 Å². The minimum atomic E-state index is -0.365. The number of carbonyl (C=O) groups is 7. The van der Waals surface area contributed by atoms with Gasteiger partial charge in [0.1, 0.15) is 36.6 Å². The summed E-state index contributed by atoms with van der Waals surface area (Å²) in [6, 6.07) is 0. The maximum atomic E-state index is 12.4. The van der Waals surface area contributed by atoms with Crippen LogP contribution in [0.4, 0.5) is 0 Å². The molecule has 0 aliphatic carbocycles. The first-order chi connectivity index (χ1) is 55.0. The van der Waals surface area contributed by atoms with Crippen LogP contribution in [0.2, 0.25) is 0 Å². The SMILES string of the molecule is CCC(C)(C)C(=O)OC(C(C)C)C(C)C.CCC(CC)C(OC(=O)C(C)(C)CC)C(CC)CC.CCCC(CCC)OC(=O)C(C)(C)CC.CCCCC(CC)COC(=O)C(C)(C)CC.CCCCC(CCCC)OC(=O)C(C)(C)CC.CCCCCC(CCCCC)OC(=O)C(C)(C)CC.CCCCCCC(CC)OC(=O)C(C)(C)CC. The molecular weight excluding hydrogens is 1470 g/mol. The molecule has 0 aliphatic heterocycles. The number of esters is 7. The Hall–Kier alpha value is -3.71. The lowest BCUT2D eigenvalue weighted by Gasteiger charge is -2.34. The molecular formula is C104H208O14. The van der Waals surface area contributed by atoms with Crippen LogP contribution < -0.4 is 0 Å². The van der Waals surface area contributed by atoms with Crippen molar-refractivity contribution in [2.45, 2.75) is 557 Å². The van der Waals surface area contributed by atoms with Crippen LogP contribution in [0, 0.1) is 67.5 Å². The molecule has 0 aromatic heterocycles. The van der Waals surface area contributed by atoms with Crippen molar-refractivity contribution in [3.63, 3.8) is 0 Å². The second-order valence-corrected chi connectivity index (χ2v) is 39.3. The molecule has 2 unspecified atom stereocenters. The van der Waals surface area contributed by atoms with Crippen molar-refractivity contribution in [1.82, 2.24) is 0 Å². The minimum absolute atomic E-state index is 0.0204. The van der Waals surface area contributed by atoms with E-state index in [1.807, 2.05) is 145 Å². The quantitative estimate of drug-likeness (QED) is 0.0318. The maximum absolute atomic E-state index is 12.4. The largest absolute Gasteiger partial charge is 0.465 e. The van der Waals surface area contributed by atoms with Gasteiger partial charge >= 0.3 is 41.8 Å². The first-order valence-electron chi connectivity index (χ1n) is 49.4. The van der Waals surface area contributed by atoms with Gasteiger partial charge in [-0.15, -0.1) is 0 Å². The standard InChI is InChI=1S/2C17H34O2.2C15H30O2.C14H28O2.2C13H26O2/c1-8-13(9-2)15(14(10-3)11-4)19-16(18)17(6,7)12-5;1-6-9-11-13-15(14-12-10-7-2)19-16(18)17(4,5)8-3;1-6-9-10-11-12-13(7-2)17-14(16)15(4,5)8-3;1-6-9-11-13(12-10-7-2)17-14(16)15(4,5)8-3;1-6-9-10-12(7-2)11-16-13(15)14(4,5)8-3;1-8-13(6,7)12(14)15-11(9(2)3)10(4)5;1-6-9-11(10-7-2)15-12(14)13(4,5)8-3/h13-15H,8-12H2,1-7H3;15H,6-14H2,1-5H3;2*13H,6-12H2,1-5H3;12H,6-11H2,1-5H3;9-11H,8H2,1-7H3;11H,6-10H2,1-5H3. The number of hydrogen-bond acceptors (Lipinski definition) is 14. The third-order valence-corrected chi connectivity index (χ3v) is 25.0. The van der Waals surface area contributed by atoms with Crippen LogP contribution in [0.15, 0.2) is 0 Å². The van der Waals surface area contributed by atoms with Gasteiger partial charge < -0.3 is 33.2 Å². The fourth-order valence-corrected chi connectivity index (χ4v) is 11.9. The van der Waals surface area contributed by atoms with Crippen LogP contribution in [-0.2, 0) is 66.7 Å². The summed E-state index contributed by atoms with van der Waals surface area (Å²) in [5.74, 6) is 1.98. The third kappa shape index (κ3) is 61.6. The Bertz CT molecular complexity index is 2360. The van der Waals surface area contributed by atoms with Crippen LogP contribution in [-0.4, -0.2) is 85.0 Å². The molecule has 0 amide bonds. The van der Waals surface area contributed by atoms with Crippen LogP contribution in [0.25, 0.3) is 0 Å². The zero-order valence-electron chi connectivity index (χ0n) is 86.4. The average Bonchev–Trinajstić information content (AvgIpc) is 0.854. The van der Waals surface area contributed by atoms with Gasteiger partial charge in [-0.2, -0.15) is 0 Å². The molecule has 0 bridgehead atoms. The van der Waals surface area contributed by atoms with Gasteiger partial charge in [-0.1, -0.05) is 276 Å². The molecule has 0 rings (SSSR count). The van der Waals surface area contributed by atoms with Crippen molar-refractivity contribution in [3.05, 3.63) is 0 Å². The lowest BCUT2D eigenvalue weighted by atomic mass is 9.83. The molecule has 2 atom stereocenters. The summed E-state index contributed by atoms with van der Waals surface area (Å²) in [5.41, 5.74) is -2.40. The molecule has 0 saturated heterocycles. The predicted molar refractivity (Wildman–Crippen MR) is 506 cm³/mol. The molecule has 0 radical (unpaired) electrons. The lowest BCUT2D eigenvalue weighted by Crippen LogP contribution is -2.38. The Morgan fingerprint density at radius 1 is 0.220 bits per heavy atom. The number of ether oxygens (including phenoxy) is 7. The smallest absolute Gasteiger partial charge is 0.311 e. The lowest BCUT2D eigenvalue weighted by molar-refractivity contribution is -0.167. The van der Waals surface area contributed by atoms with E-state index in [-0.39, 0.29) is 116 Å². The van der Waals surface area contributed by atoms with Crippen LogP contribution in [0.3, 0.4) is 0 Å². The van der Waals surface area contributed by atoms with Crippen molar-refractivity contribution in [2.75, 3.05) is 6.61 Å². The molecule has 14 nitrogen and oxygen atoms in total. The molecule has 14 heteroatoms. The number of rotatable bonds is 58. The topological polar surface area (TPSA) is 184 Å².